The van der Waals surface area contributed by atoms with Crippen LogP contribution in [0.3, 0.4) is 0 Å². The van der Waals surface area contributed by atoms with Gasteiger partial charge in [-0.15, -0.1) is 11.8 Å². The third kappa shape index (κ3) is 2.99. The SMILES string of the molecule is C/C(CSC1(C)CC(=O)N1)=C(/C)C(=O)O. The van der Waals surface area contributed by atoms with E-state index < -0.39 is 5.97 Å². The molecule has 2 N–H and O–H groups in total. The summed E-state index contributed by atoms with van der Waals surface area (Å²) in [6.45, 7) is 5.35. The van der Waals surface area contributed by atoms with Gasteiger partial charge in [0.2, 0.25) is 5.91 Å². The zero-order valence-electron chi connectivity index (χ0n) is 9.09. The van der Waals surface area contributed by atoms with Crippen LogP contribution in [0, 0.1) is 0 Å². The molecule has 0 aliphatic carbocycles. The number of β-lactam (4-membered cyclic amide) rings is 1. The van der Waals surface area contributed by atoms with Gasteiger partial charge in [-0.3, -0.25) is 4.79 Å². The number of amides is 1. The van der Waals surface area contributed by atoms with Crippen molar-refractivity contribution < 1.29 is 14.7 Å². The molecule has 4 nitrogen and oxygen atoms in total. The second kappa shape index (κ2) is 4.26. The summed E-state index contributed by atoms with van der Waals surface area (Å²) in [5.74, 6) is -0.188. The zero-order valence-corrected chi connectivity index (χ0v) is 9.90. The Balaban J connectivity index is 2.47. The quantitative estimate of drug-likeness (QED) is 0.564. The summed E-state index contributed by atoms with van der Waals surface area (Å²) in [5.41, 5.74) is 1.23. The number of hydrogen-bond donors (Lipinski definition) is 2. The molecule has 1 atom stereocenters. The molecule has 1 amide bonds. The van der Waals surface area contributed by atoms with Crippen molar-refractivity contribution in [2.24, 2.45) is 0 Å². The molecule has 1 heterocycles. The Morgan fingerprint density at radius 3 is 2.53 bits per heavy atom. The van der Waals surface area contributed by atoms with Crippen LogP contribution >= 0.6 is 11.8 Å². The van der Waals surface area contributed by atoms with Gasteiger partial charge in [0.25, 0.3) is 0 Å². The highest BCUT2D eigenvalue weighted by molar-refractivity contribution is 8.00. The van der Waals surface area contributed by atoms with Crippen molar-refractivity contribution in [2.75, 3.05) is 5.75 Å². The predicted octanol–water partition coefficient (Wildman–Crippen LogP) is 1.38. The standard InChI is InChI=1S/C10H15NO3S/c1-6(7(2)9(13)14)5-15-10(3)4-8(12)11-10/h4-5H2,1-3H3,(H,11,12)(H,13,14)/b7-6+. The summed E-state index contributed by atoms with van der Waals surface area (Å²) in [5, 5.41) is 11.6. The Labute approximate surface area is 93.1 Å². The lowest BCUT2D eigenvalue weighted by molar-refractivity contribution is -0.132. The van der Waals surface area contributed by atoms with E-state index in [2.05, 4.69) is 5.32 Å². The lowest BCUT2D eigenvalue weighted by atomic mass is 10.1. The van der Waals surface area contributed by atoms with Gasteiger partial charge < -0.3 is 10.4 Å². The lowest BCUT2D eigenvalue weighted by Gasteiger charge is -2.38. The molecule has 0 saturated carbocycles. The highest BCUT2D eigenvalue weighted by atomic mass is 32.2. The van der Waals surface area contributed by atoms with E-state index in [0.717, 1.165) is 5.57 Å². The number of aliphatic carboxylic acids is 1. The number of nitrogens with one attached hydrogen (secondary N) is 1. The van der Waals surface area contributed by atoms with Crippen LogP contribution in [0.4, 0.5) is 0 Å². The number of carboxylic acid groups (broad SMARTS) is 1. The van der Waals surface area contributed by atoms with Gasteiger partial charge in [-0.1, -0.05) is 5.57 Å². The number of carbonyl (C=O) groups is 2. The van der Waals surface area contributed by atoms with Crippen LogP contribution < -0.4 is 5.32 Å². The summed E-state index contributed by atoms with van der Waals surface area (Å²) in [4.78, 5) is 21.2. The average molecular weight is 229 g/mol. The molecule has 15 heavy (non-hydrogen) atoms. The van der Waals surface area contributed by atoms with E-state index in [9.17, 15) is 9.59 Å². The Morgan fingerprint density at radius 2 is 2.13 bits per heavy atom. The molecule has 1 fully saturated rings. The van der Waals surface area contributed by atoms with E-state index in [-0.39, 0.29) is 10.8 Å². The van der Waals surface area contributed by atoms with Crippen molar-refractivity contribution in [3.05, 3.63) is 11.1 Å². The van der Waals surface area contributed by atoms with Crippen LogP contribution in [0.2, 0.25) is 0 Å². The molecule has 0 aromatic heterocycles. The van der Waals surface area contributed by atoms with Crippen LogP contribution in [0.25, 0.3) is 0 Å². The second-order valence-electron chi connectivity index (χ2n) is 3.95. The first-order chi connectivity index (χ1) is 6.84. The molecular weight excluding hydrogens is 214 g/mol. The van der Waals surface area contributed by atoms with Crippen molar-refractivity contribution >= 4 is 23.6 Å². The minimum absolute atomic E-state index is 0.0570. The minimum atomic E-state index is -0.879. The summed E-state index contributed by atoms with van der Waals surface area (Å²) < 4.78 is 0. The third-order valence-corrected chi connectivity index (χ3v) is 3.93. The molecule has 1 unspecified atom stereocenters. The molecule has 1 saturated heterocycles. The summed E-state index contributed by atoms with van der Waals surface area (Å²) >= 11 is 1.57. The van der Waals surface area contributed by atoms with Gasteiger partial charge in [0, 0.05) is 11.3 Å². The van der Waals surface area contributed by atoms with E-state index >= 15 is 0 Å². The Bertz CT molecular complexity index is 328. The van der Waals surface area contributed by atoms with Crippen molar-refractivity contribution in [3.8, 4) is 0 Å². The number of thioether (sulfide) groups is 1. The van der Waals surface area contributed by atoms with Gasteiger partial charge in [0.1, 0.15) is 0 Å². The first kappa shape index (κ1) is 12.1. The molecule has 1 rings (SSSR count). The van der Waals surface area contributed by atoms with Crippen molar-refractivity contribution in [1.29, 1.82) is 0 Å². The minimum Gasteiger partial charge on any atom is -0.478 e. The van der Waals surface area contributed by atoms with E-state index in [1.807, 2.05) is 6.92 Å². The summed E-state index contributed by atoms with van der Waals surface area (Å²) in [6.07, 6.45) is 0.511. The van der Waals surface area contributed by atoms with Crippen LogP contribution in [-0.4, -0.2) is 27.6 Å². The van der Waals surface area contributed by atoms with Crippen LogP contribution in [-0.2, 0) is 9.59 Å². The fraction of sp³-hybridized carbons (Fsp3) is 0.600. The van der Waals surface area contributed by atoms with Gasteiger partial charge in [-0.2, -0.15) is 0 Å². The molecule has 0 radical (unpaired) electrons. The lowest BCUT2D eigenvalue weighted by Crippen LogP contribution is -2.56. The fourth-order valence-corrected chi connectivity index (χ4v) is 2.40. The van der Waals surface area contributed by atoms with Crippen LogP contribution in [0.1, 0.15) is 27.2 Å². The van der Waals surface area contributed by atoms with Gasteiger partial charge in [0.05, 0.1) is 11.3 Å². The predicted molar refractivity (Wildman–Crippen MR) is 59.6 cm³/mol. The molecule has 0 aromatic rings. The highest BCUT2D eigenvalue weighted by Crippen LogP contribution is 2.33. The fourth-order valence-electron chi connectivity index (χ4n) is 1.23. The highest BCUT2D eigenvalue weighted by Gasteiger charge is 2.38. The largest absolute Gasteiger partial charge is 0.478 e. The average Bonchev–Trinajstić information content (AvgIpc) is 2.10. The third-order valence-electron chi connectivity index (χ3n) is 2.47. The molecule has 0 aromatic carbocycles. The maximum absolute atomic E-state index is 10.8. The Morgan fingerprint density at radius 1 is 1.60 bits per heavy atom. The Hall–Kier alpha value is -0.970. The molecule has 0 bridgehead atoms. The van der Waals surface area contributed by atoms with Crippen LogP contribution in [0.15, 0.2) is 11.1 Å². The van der Waals surface area contributed by atoms with Crippen molar-refractivity contribution in [2.45, 2.75) is 32.1 Å². The van der Waals surface area contributed by atoms with Gasteiger partial charge in [0.15, 0.2) is 0 Å². The van der Waals surface area contributed by atoms with E-state index in [0.29, 0.717) is 17.7 Å². The van der Waals surface area contributed by atoms with E-state index in [4.69, 9.17) is 5.11 Å². The molecule has 1 aliphatic rings. The van der Waals surface area contributed by atoms with E-state index in [1.54, 1.807) is 25.6 Å². The van der Waals surface area contributed by atoms with E-state index in [1.165, 1.54) is 0 Å². The topological polar surface area (TPSA) is 66.4 Å². The number of hydrogen-bond acceptors (Lipinski definition) is 3. The van der Waals surface area contributed by atoms with Crippen molar-refractivity contribution in [1.82, 2.24) is 5.32 Å². The smallest absolute Gasteiger partial charge is 0.331 e. The first-order valence-electron chi connectivity index (χ1n) is 4.69. The number of carboxylic acids is 1. The maximum atomic E-state index is 10.8. The number of rotatable bonds is 4. The first-order valence-corrected chi connectivity index (χ1v) is 5.67. The molecular formula is C10H15NO3S. The molecule has 5 heteroatoms. The van der Waals surface area contributed by atoms with Crippen LogP contribution in [0.5, 0.6) is 0 Å². The number of carbonyl (C=O) groups excluding carboxylic acids is 1. The monoisotopic (exact) mass is 229 g/mol. The van der Waals surface area contributed by atoms with Gasteiger partial charge in [-0.05, 0) is 20.8 Å². The normalized spacial score (nSPS) is 26.5. The Kier molecular flexibility index (Phi) is 3.44. The molecule has 1 aliphatic heterocycles. The maximum Gasteiger partial charge on any atom is 0.331 e. The summed E-state index contributed by atoms with van der Waals surface area (Å²) in [7, 11) is 0. The van der Waals surface area contributed by atoms with Gasteiger partial charge >= 0.3 is 5.97 Å². The molecule has 0 spiro atoms. The summed E-state index contributed by atoms with van der Waals surface area (Å²) in [6, 6.07) is 0. The zero-order chi connectivity index (χ0) is 11.6. The molecule has 84 valence electrons. The van der Waals surface area contributed by atoms with Gasteiger partial charge in [-0.25, -0.2) is 4.79 Å². The van der Waals surface area contributed by atoms with Crippen molar-refractivity contribution in [3.63, 3.8) is 0 Å². The second-order valence-corrected chi connectivity index (χ2v) is 5.43.